The van der Waals surface area contributed by atoms with Crippen molar-refractivity contribution < 1.29 is 13.2 Å². The zero-order valence-corrected chi connectivity index (χ0v) is 18.9. The number of ketones is 1. The van der Waals surface area contributed by atoms with E-state index in [1.54, 1.807) is 12.1 Å². The molecule has 0 spiro atoms. The van der Waals surface area contributed by atoms with Crippen LogP contribution >= 0.6 is 0 Å². The number of aryl methyl sites for hydroxylation is 1. The number of aromatic nitrogens is 1. The average molecular weight is 445 g/mol. The molecule has 1 N–H and O–H groups in total. The molecule has 0 atom stereocenters. The molecule has 1 aliphatic rings. The first kappa shape index (κ1) is 20.7. The predicted octanol–water partition coefficient (Wildman–Crippen LogP) is 4.80. The lowest BCUT2D eigenvalue weighted by molar-refractivity contribution is 0.0994. The SMILES string of the molecule is CN(C)S(=O)(=O)c1ccc(Cc2ccc(-c3ccc4c(c3)CCC4=O)c3cc[nH]c23)cc1. The summed E-state index contributed by atoms with van der Waals surface area (Å²) in [6.07, 6.45) is 4.06. The summed E-state index contributed by atoms with van der Waals surface area (Å²) in [4.78, 5) is 15.6. The first-order valence-electron chi connectivity index (χ1n) is 10.6. The molecule has 4 aromatic rings. The highest BCUT2D eigenvalue weighted by Crippen LogP contribution is 2.34. The van der Waals surface area contributed by atoms with Crippen LogP contribution in [0.5, 0.6) is 0 Å². The number of hydrogen-bond acceptors (Lipinski definition) is 3. The standard InChI is InChI=1S/C26H24N2O3S/c1-28(2)32(30,31)21-8-3-17(4-9-21)15-20-6-10-22(24-13-14-27-26(20)24)18-5-11-23-19(16-18)7-12-25(23)29/h3-6,8-11,13-14,16,27H,7,12,15H2,1-2H3. The Morgan fingerprint density at radius 3 is 2.41 bits per heavy atom. The Morgan fingerprint density at radius 1 is 0.906 bits per heavy atom. The number of carbonyl (C=O) groups excluding carboxylic acids is 1. The van der Waals surface area contributed by atoms with Gasteiger partial charge in [-0.1, -0.05) is 42.5 Å². The van der Waals surface area contributed by atoms with Gasteiger partial charge in [-0.3, -0.25) is 4.79 Å². The second kappa shape index (κ2) is 7.73. The van der Waals surface area contributed by atoms with Gasteiger partial charge in [0.1, 0.15) is 0 Å². The number of H-pyrrole nitrogens is 1. The third-order valence-corrected chi connectivity index (χ3v) is 8.07. The van der Waals surface area contributed by atoms with Crippen molar-refractivity contribution in [1.82, 2.24) is 9.29 Å². The summed E-state index contributed by atoms with van der Waals surface area (Å²) in [5, 5.41) is 1.14. The lowest BCUT2D eigenvalue weighted by Gasteiger charge is -2.12. The molecule has 1 aliphatic carbocycles. The van der Waals surface area contributed by atoms with Gasteiger partial charge in [0.05, 0.1) is 4.90 Å². The maximum atomic E-state index is 12.3. The fourth-order valence-electron chi connectivity index (χ4n) is 4.45. The Bertz CT molecular complexity index is 1450. The molecule has 5 rings (SSSR count). The van der Waals surface area contributed by atoms with Gasteiger partial charge in [0, 0.05) is 43.2 Å². The van der Waals surface area contributed by atoms with E-state index in [-0.39, 0.29) is 5.78 Å². The Balaban J connectivity index is 1.48. The van der Waals surface area contributed by atoms with E-state index in [0.717, 1.165) is 50.7 Å². The molecule has 5 nitrogen and oxygen atoms in total. The zero-order chi connectivity index (χ0) is 22.5. The number of hydrogen-bond donors (Lipinski definition) is 1. The minimum Gasteiger partial charge on any atom is -0.361 e. The van der Waals surface area contributed by atoms with E-state index < -0.39 is 10.0 Å². The molecule has 0 saturated carbocycles. The van der Waals surface area contributed by atoms with Crippen molar-refractivity contribution in [3.05, 3.63) is 89.1 Å². The lowest BCUT2D eigenvalue weighted by Crippen LogP contribution is -2.22. The molecule has 3 aromatic carbocycles. The van der Waals surface area contributed by atoms with Gasteiger partial charge >= 0.3 is 0 Å². The molecule has 0 aliphatic heterocycles. The minimum atomic E-state index is -3.43. The van der Waals surface area contributed by atoms with Gasteiger partial charge in [0.15, 0.2) is 5.78 Å². The molecular weight excluding hydrogens is 420 g/mol. The summed E-state index contributed by atoms with van der Waals surface area (Å²) in [7, 11) is -0.364. The third kappa shape index (κ3) is 3.45. The molecule has 1 aromatic heterocycles. The number of nitrogens with one attached hydrogen (secondary N) is 1. The van der Waals surface area contributed by atoms with Crippen molar-refractivity contribution in [3.8, 4) is 11.1 Å². The number of carbonyl (C=O) groups is 1. The van der Waals surface area contributed by atoms with E-state index in [4.69, 9.17) is 0 Å². The van der Waals surface area contributed by atoms with E-state index in [0.29, 0.717) is 17.7 Å². The number of sulfonamides is 1. The smallest absolute Gasteiger partial charge is 0.242 e. The average Bonchev–Trinajstić information content (AvgIpc) is 3.41. The minimum absolute atomic E-state index is 0.234. The van der Waals surface area contributed by atoms with Crippen LogP contribution in [0.15, 0.2) is 71.8 Å². The first-order chi connectivity index (χ1) is 15.3. The first-order valence-corrected chi connectivity index (χ1v) is 12.1. The number of aromatic amines is 1. The molecule has 0 amide bonds. The van der Waals surface area contributed by atoms with Crippen LogP contribution in [0.1, 0.15) is 33.5 Å². The van der Waals surface area contributed by atoms with Gasteiger partial charge in [-0.05, 0) is 58.9 Å². The fourth-order valence-corrected chi connectivity index (χ4v) is 5.35. The van der Waals surface area contributed by atoms with Crippen LogP contribution in [-0.4, -0.2) is 37.6 Å². The van der Waals surface area contributed by atoms with E-state index in [2.05, 4.69) is 29.2 Å². The number of Topliss-reactive ketones (excluding diaryl/α,β-unsaturated/α-hetero) is 1. The van der Waals surface area contributed by atoms with E-state index >= 15 is 0 Å². The molecule has 0 unspecified atom stereocenters. The van der Waals surface area contributed by atoms with Crippen LogP contribution in [0.4, 0.5) is 0 Å². The number of nitrogens with zero attached hydrogens (tertiary/aromatic N) is 1. The Hall–Kier alpha value is -3.22. The van der Waals surface area contributed by atoms with Crippen LogP contribution < -0.4 is 0 Å². The van der Waals surface area contributed by atoms with Crippen LogP contribution in [0.25, 0.3) is 22.0 Å². The number of rotatable bonds is 5. The third-order valence-electron chi connectivity index (χ3n) is 6.24. The molecule has 0 bridgehead atoms. The molecule has 0 radical (unpaired) electrons. The van der Waals surface area contributed by atoms with Gasteiger partial charge in [-0.25, -0.2) is 12.7 Å². The van der Waals surface area contributed by atoms with Crippen LogP contribution in [0, 0.1) is 0 Å². The maximum absolute atomic E-state index is 12.3. The van der Waals surface area contributed by atoms with Gasteiger partial charge in [-0.15, -0.1) is 0 Å². The monoisotopic (exact) mass is 444 g/mol. The maximum Gasteiger partial charge on any atom is 0.242 e. The van der Waals surface area contributed by atoms with Crippen molar-refractivity contribution in [3.63, 3.8) is 0 Å². The Kier molecular flexibility index (Phi) is 4.99. The molecule has 6 heteroatoms. The van der Waals surface area contributed by atoms with Crippen LogP contribution in [0.2, 0.25) is 0 Å². The summed E-state index contributed by atoms with van der Waals surface area (Å²) in [6.45, 7) is 0. The molecule has 0 fully saturated rings. The van der Waals surface area contributed by atoms with Gasteiger partial charge in [0.2, 0.25) is 10.0 Å². The zero-order valence-electron chi connectivity index (χ0n) is 18.1. The highest BCUT2D eigenvalue weighted by atomic mass is 32.2. The Morgan fingerprint density at radius 2 is 1.66 bits per heavy atom. The van der Waals surface area contributed by atoms with E-state index in [1.807, 2.05) is 30.5 Å². The number of fused-ring (bicyclic) bond motifs is 2. The highest BCUT2D eigenvalue weighted by molar-refractivity contribution is 7.89. The predicted molar refractivity (Wildman–Crippen MR) is 127 cm³/mol. The second-order valence-corrected chi connectivity index (χ2v) is 10.6. The highest BCUT2D eigenvalue weighted by Gasteiger charge is 2.20. The lowest BCUT2D eigenvalue weighted by atomic mass is 9.94. The summed E-state index contributed by atoms with van der Waals surface area (Å²) in [5.41, 5.74) is 7.51. The van der Waals surface area contributed by atoms with E-state index in [1.165, 1.54) is 18.4 Å². The quantitative estimate of drug-likeness (QED) is 0.480. The van der Waals surface area contributed by atoms with Crippen molar-refractivity contribution in [2.45, 2.75) is 24.2 Å². The normalized spacial score (nSPS) is 13.8. The second-order valence-electron chi connectivity index (χ2n) is 8.44. The van der Waals surface area contributed by atoms with Crippen LogP contribution in [0.3, 0.4) is 0 Å². The van der Waals surface area contributed by atoms with E-state index in [9.17, 15) is 13.2 Å². The topological polar surface area (TPSA) is 70.2 Å². The molecule has 32 heavy (non-hydrogen) atoms. The van der Waals surface area contributed by atoms with Gasteiger partial charge < -0.3 is 4.98 Å². The summed E-state index contributed by atoms with van der Waals surface area (Å²) >= 11 is 0. The van der Waals surface area contributed by atoms with Gasteiger partial charge in [-0.2, -0.15) is 0 Å². The molecular formula is C26H24N2O3S. The van der Waals surface area contributed by atoms with Crippen molar-refractivity contribution in [2.24, 2.45) is 0 Å². The van der Waals surface area contributed by atoms with Crippen molar-refractivity contribution in [1.29, 1.82) is 0 Å². The van der Waals surface area contributed by atoms with Crippen LogP contribution in [-0.2, 0) is 22.9 Å². The summed E-state index contributed by atoms with van der Waals surface area (Å²) in [6, 6.07) is 19.5. The summed E-state index contributed by atoms with van der Waals surface area (Å²) < 4.78 is 25.8. The van der Waals surface area contributed by atoms with Crippen molar-refractivity contribution >= 4 is 26.7 Å². The molecule has 0 saturated heterocycles. The Labute approximate surface area is 187 Å². The number of benzene rings is 3. The van der Waals surface area contributed by atoms with Gasteiger partial charge in [0.25, 0.3) is 0 Å². The molecule has 1 heterocycles. The molecule has 162 valence electrons. The summed E-state index contributed by atoms with van der Waals surface area (Å²) in [5.74, 6) is 0.234. The van der Waals surface area contributed by atoms with Crippen molar-refractivity contribution in [2.75, 3.05) is 14.1 Å². The largest absolute Gasteiger partial charge is 0.361 e. The fraction of sp³-hybridized carbons (Fsp3) is 0.192.